The van der Waals surface area contributed by atoms with Crippen LogP contribution in [0.5, 0.6) is 5.75 Å². The third-order valence-electron chi connectivity index (χ3n) is 4.49. The number of phenolic OH excluding ortho intramolecular Hbond substituents is 1. The molecule has 0 spiro atoms. The number of aromatic hydroxyl groups is 1. The molecule has 2 amide bonds. The van der Waals surface area contributed by atoms with Crippen molar-refractivity contribution in [3.8, 4) is 5.75 Å². The van der Waals surface area contributed by atoms with Crippen molar-refractivity contribution >= 4 is 11.8 Å². The first kappa shape index (κ1) is 16.9. The number of nitrogens with one attached hydrogen (secondary N) is 3. The number of amides is 2. The number of aromatic nitrogens is 4. The van der Waals surface area contributed by atoms with Gasteiger partial charge >= 0.3 is 0 Å². The second-order valence-electron chi connectivity index (χ2n) is 6.43. The molecule has 1 unspecified atom stereocenters. The van der Waals surface area contributed by atoms with Crippen LogP contribution in [0.25, 0.3) is 0 Å². The summed E-state index contributed by atoms with van der Waals surface area (Å²) >= 11 is 0. The van der Waals surface area contributed by atoms with E-state index in [1.807, 2.05) is 0 Å². The zero-order chi connectivity index (χ0) is 18.0. The molecule has 2 aromatic rings. The normalized spacial score (nSPS) is 16.1. The summed E-state index contributed by atoms with van der Waals surface area (Å²) < 4.78 is 0. The van der Waals surface area contributed by atoms with Crippen molar-refractivity contribution in [1.82, 2.24) is 31.3 Å². The van der Waals surface area contributed by atoms with Crippen LogP contribution in [0.3, 0.4) is 0 Å². The Balaban J connectivity index is 1.54. The van der Waals surface area contributed by atoms with Crippen LogP contribution in [-0.4, -0.2) is 50.1 Å². The summed E-state index contributed by atoms with van der Waals surface area (Å²) in [6.45, 7) is 3.75. The monoisotopic (exact) mass is 344 g/mol. The second-order valence-corrected chi connectivity index (χ2v) is 6.43. The fourth-order valence-corrected chi connectivity index (χ4v) is 2.52. The highest BCUT2D eigenvalue weighted by Gasteiger charge is 2.48. The third kappa shape index (κ3) is 3.59. The number of hydrogen-bond acceptors (Lipinski definition) is 6. The Morgan fingerprint density at radius 3 is 2.76 bits per heavy atom. The van der Waals surface area contributed by atoms with Crippen LogP contribution in [0.1, 0.15) is 41.5 Å². The first-order valence-electron chi connectivity index (χ1n) is 8.03. The van der Waals surface area contributed by atoms with E-state index in [0.717, 1.165) is 12.8 Å². The Morgan fingerprint density at radius 1 is 1.40 bits per heavy atom. The molecule has 1 saturated carbocycles. The molecule has 0 bridgehead atoms. The van der Waals surface area contributed by atoms with Gasteiger partial charge < -0.3 is 15.7 Å². The highest BCUT2D eigenvalue weighted by atomic mass is 16.3. The molecule has 9 heteroatoms. The highest BCUT2D eigenvalue weighted by Crippen LogP contribution is 2.45. The predicted molar refractivity (Wildman–Crippen MR) is 87.9 cm³/mol. The van der Waals surface area contributed by atoms with Crippen molar-refractivity contribution in [2.24, 2.45) is 0 Å². The lowest BCUT2D eigenvalue weighted by atomic mass is 10.1. The molecule has 3 rings (SSSR count). The van der Waals surface area contributed by atoms with Crippen LogP contribution in [-0.2, 0) is 10.2 Å². The number of benzene rings is 1. The van der Waals surface area contributed by atoms with Gasteiger partial charge in [0, 0.05) is 12.1 Å². The van der Waals surface area contributed by atoms with Gasteiger partial charge in [0.25, 0.3) is 5.91 Å². The molecule has 4 N–H and O–H groups in total. The predicted octanol–water partition coefficient (Wildman–Crippen LogP) is 0.180. The van der Waals surface area contributed by atoms with E-state index in [-0.39, 0.29) is 17.1 Å². The summed E-state index contributed by atoms with van der Waals surface area (Å²) in [6, 6.07) is 3.92. The molecule has 0 aliphatic heterocycles. The molecule has 0 saturated heterocycles. The molecule has 1 atom stereocenters. The van der Waals surface area contributed by atoms with Crippen LogP contribution in [0.4, 0.5) is 0 Å². The fraction of sp³-hybridized carbons (Fsp3) is 0.438. The Morgan fingerprint density at radius 2 is 2.16 bits per heavy atom. The van der Waals surface area contributed by atoms with Gasteiger partial charge in [-0.15, -0.1) is 10.2 Å². The molecule has 0 radical (unpaired) electrons. The number of carbonyl (C=O) groups is 2. The molecule has 1 aromatic carbocycles. The minimum atomic E-state index is -0.711. The summed E-state index contributed by atoms with van der Waals surface area (Å²) in [5.41, 5.74) is 0.724. The first-order valence-corrected chi connectivity index (χ1v) is 8.03. The van der Waals surface area contributed by atoms with Crippen LogP contribution >= 0.6 is 0 Å². The van der Waals surface area contributed by atoms with Gasteiger partial charge in [0.2, 0.25) is 5.91 Å². The Labute approximate surface area is 144 Å². The zero-order valence-electron chi connectivity index (χ0n) is 14.0. The molecule has 9 nitrogen and oxygen atoms in total. The van der Waals surface area contributed by atoms with Crippen molar-refractivity contribution < 1.29 is 14.7 Å². The number of tetrazole rings is 1. The minimum Gasteiger partial charge on any atom is -0.508 e. The van der Waals surface area contributed by atoms with E-state index in [0.29, 0.717) is 23.5 Å². The Kier molecular flexibility index (Phi) is 4.39. The largest absolute Gasteiger partial charge is 0.508 e. The Bertz CT molecular complexity index is 785. The van der Waals surface area contributed by atoms with Crippen molar-refractivity contribution in [3.05, 3.63) is 35.2 Å². The van der Waals surface area contributed by atoms with Gasteiger partial charge in [-0.3, -0.25) is 9.59 Å². The van der Waals surface area contributed by atoms with Crippen molar-refractivity contribution in [2.75, 3.05) is 6.54 Å². The standard InChI is InChI=1S/C16H20N6O3/c1-9-3-4-11(7-12(9)23)14(25)18-10(2)13(24)17-8-16(5-6-16)15-19-21-22-20-15/h3-4,7,10,23H,5-6,8H2,1-2H3,(H,17,24)(H,18,25)(H,19,20,21,22). The van der Waals surface area contributed by atoms with Gasteiger partial charge in [-0.05, 0) is 44.4 Å². The summed E-state index contributed by atoms with van der Waals surface area (Å²) in [5, 5.41) is 29.1. The number of nitrogens with zero attached hydrogens (tertiary/aromatic N) is 3. The van der Waals surface area contributed by atoms with E-state index < -0.39 is 11.9 Å². The average molecular weight is 344 g/mol. The lowest BCUT2D eigenvalue weighted by Crippen LogP contribution is -2.46. The quantitative estimate of drug-likeness (QED) is 0.591. The Hall–Kier alpha value is -2.97. The number of carbonyl (C=O) groups excluding carboxylic acids is 2. The number of H-pyrrole nitrogens is 1. The lowest BCUT2D eigenvalue weighted by molar-refractivity contribution is -0.122. The molecular formula is C16H20N6O3. The molecule has 1 aliphatic carbocycles. The smallest absolute Gasteiger partial charge is 0.252 e. The first-order chi connectivity index (χ1) is 11.9. The van der Waals surface area contributed by atoms with E-state index in [4.69, 9.17) is 0 Å². The molecule has 1 aromatic heterocycles. The van der Waals surface area contributed by atoms with Crippen LogP contribution < -0.4 is 10.6 Å². The van der Waals surface area contributed by atoms with Gasteiger partial charge in [0.15, 0.2) is 5.82 Å². The van der Waals surface area contributed by atoms with Gasteiger partial charge in [-0.25, -0.2) is 0 Å². The summed E-state index contributed by atoms with van der Waals surface area (Å²) in [5.74, 6) is -0.0723. The number of hydrogen-bond donors (Lipinski definition) is 4. The maximum atomic E-state index is 12.2. The van der Waals surface area contributed by atoms with Gasteiger partial charge in [-0.1, -0.05) is 11.3 Å². The van der Waals surface area contributed by atoms with Gasteiger partial charge in [0.1, 0.15) is 11.8 Å². The van der Waals surface area contributed by atoms with Crippen LogP contribution in [0, 0.1) is 6.92 Å². The van der Waals surface area contributed by atoms with E-state index in [1.54, 1.807) is 26.0 Å². The third-order valence-corrected chi connectivity index (χ3v) is 4.49. The molecule has 1 heterocycles. The highest BCUT2D eigenvalue weighted by molar-refractivity contribution is 5.97. The van der Waals surface area contributed by atoms with E-state index in [2.05, 4.69) is 31.3 Å². The molecule has 1 fully saturated rings. The molecule has 25 heavy (non-hydrogen) atoms. The molecule has 132 valence electrons. The topological polar surface area (TPSA) is 133 Å². The maximum absolute atomic E-state index is 12.2. The molecular weight excluding hydrogens is 324 g/mol. The SMILES string of the molecule is Cc1ccc(C(=O)NC(C)C(=O)NCC2(c3nn[nH]n3)CC2)cc1O. The number of aromatic amines is 1. The summed E-state index contributed by atoms with van der Waals surface area (Å²) in [4.78, 5) is 24.4. The summed E-state index contributed by atoms with van der Waals surface area (Å²) in [7, 11) is 0. The van der Waals surface area contributed by atoms with E-state index in [1.165, 1.54) is 6.07 Å². The van der Waals surface area contributed by atoms with Crippen LogP contribution in [0.2, 0.25) is 0 Å². The van der Waals surface area contributed by atoms with Crippen LogP contribution in [0.15, 0.2) is 18.2 Å². The zero-order valence-corrected chi connectivity index (χ0v) is 14.0. The minimum absolute atomic E-state index is 0.0422. The van der Waals surface area contributed by atoms with Gasteiger partial charge in [-0.2, -0.15) is 5.21 Å². The number of rotatable bonds is 6. The summed E-state index contributed by atoms with van der Waals surface area (Å²) in [6.07, 6.45) is 1.77. The maximum Gasteiger partial charge on any atom is 0.252 e. The van der Waals surface area contributed by atoms with E-state index in [9.17, 15) is 14.7 Å². The van der Waals surface area contributed by atoms with Crippen molar-refractivity contribution in [1.29, 1.82) is 0 Å². The van der Waals surface area contributed by atoms with E-state index >= 15 is 0 Å². The lowest BCUT2D eigenvalue weighted by Gasteiger charge is -2.17. The van der Waals surface area contributed by atoms with Crippen molar-refractivity contribution in [2.45, 2.75) is 38.1 Å². The van der Waals surface area contributed by atoms with Gasteiger partial charge in [0.05, 0.1) is 5.41 Å². The molecule has 1 aliphatic rings. The average Bonchev–Trinajstić information content (AvgIpc) is 3.17. The number of phenols is 1. The fourth-order valence-electron chi connectivity index (χ4n) is 2.52. The number of aryl methyl sites for hydroxylation is 1. The van der Waals surface area contributed by atoms with Crippen molar-refractivity contribution in [3.63, 3.8) is 0 Å². The second kappa shape index (κ2) is 6.50.